The van der Waals surface area contributed by atoms with Crippen molar-refractivity contribution in [2.75, 3.05) is 40.0 Å². The zero-order valence-corrected chi connectivity index (χ0v) is 12.6. The van der Waals surface area contributed by atoms with Gasteiger partial charge in [-0.15, -0.1) is 0 Å². The number of ether oxygens (including phenoxy) is 2. The maximum atomic E-state index is 12.2. The molecule has 0 radical (unpaired) electrons. The van der Waals surface area contributed by atoms with Gasteiger partial charge in [-0.3, -0.25) is 4.79 Å². The van der Waals surface area contributed by atoms with E-state index in [1.54, 1.807) is 18.9 Å². The second-order valence-electron chi connectivity index (χ2n) is 6.18. The Morgan fingerprint density at radius 1 is 1.33 bits per heavy atom. The number of amides is 2. The molecule has 120 valence electrons. The van der Waals surface area contributed by atoms with Gasteiger partial charge in [0.2, 0.25) is 0 Å². The molecule has 2 unspecified atom stereocenters. The number of rotatable bonds is 4. The Bertz CT molecular complexity index is 397. The Morgan fingerprint density at radius 2 is 2.00 bits per heavy atom. The molecule has 7 nitrogen and oxygen atoms in total. The zero-order valence-electron chi connectivity index (χ0n) is 12.6. The number of carbonyl (C=O) groups is 2. The predicted molar refractivity (Wildman–Crippen MR) is 75.1 cm³/mol. The summed E-state index contributed by atoms with van der Waals surface area (Å²) in [6.45, 7) is 4.11. The molecule has 2 rings (SSSR count). The predicted octanol–water partition coefficient (Wildman–Crippen LogP) is 0.544. The summed E-state index contributed by atoms with van der Waals surface area (Å²) in [5.41, 5.74) is -1.06. The van der Waals surface area contributed by atoms with Gasteiger partial charge in [0.05, 0.1) is 19.3 Å². The Morgan fingerprint density at radius 3 is 2.62 bits per heavy atom. The molecule has 2 saturated heterocycles. The molecule has 0 saturated carbocycles. The third kappa shape index (κ3) is 3.65. The SMILES string of the molecule is CN(CC1CCOCC1)C(=O)NC1COCC1(C)C(=O)O. The van der Waals surface area contributed by atoms with Crippen molar-refractivity contribution in [1.29, 1.82) is 0 Å². The highest BCUT2D eigenvalue weighted by Crippen LogP contribution is 2.28. The maximum Gasteiger partial charge on any atom is 0.317 e. The number of carboxylic acid groups (broad SMARTS) is 1. The van der Waals surface area contributed by atoms with Gasteiger partial charge in [0.1, 0.15) is 5.41 Å². The lowest BCUT2D eigenvalue weighted by molar-refractivity contribution is -0.148. The number of carbonyl (C=O) groups excluding carboxylic acids is 1. The molecule has 7 heteroatoms. The van der Waals surface area contributed by atoms with Crippen molar-refractivity contribution in [1.82, 2.24) is 10.2 Å². The average molecular weight is 300 g/mol. The summed E-state index contributed by atoms with van der Waals surface area (Å²) in [6, 6.07) is -0.746. The highest BCUT2D eigenvalue weighted by molar-refractivity contribution is 5.79. The zero-order chi connectivity index (χ0) is 15.5. The van der Waals surface area contributed by atoms with Crippen LogP contribution < -0.4 is 5.32 Å². The van der Waals surface area contributed by atoms with E-state index in [4.69, 9.17) is 9.47 Å². The summed E-state index contributed by atoms with van der Waals surface area (Å²) >= 11 is 0. The van der Waals surface area contributed by atoms with Crippen LogP contribution in [0.2, 0.25) is 0 Å². The van der Waals surface area contributed by atoms with Crippen LogP contribution in [0.5, 0.6) is 0 Å². The van der Waals surface area contributed by atoms with E-state index in [-0.39, 0.29) is 19.2 Å². The molecule has 2 heterocycles. The van der Waals surface area contributed by atoms with Crippen molar-refractivity contribution in [2.24, 2.45) is 11.3 Å². The third-order valence-corrected chi connectivity index (χ3v) is 4.46. The van der Waals surface area contributed by atoms with Gasteiger partial charge in [0.25, 0.3) is 0 Å². The van der Waals surface area contributed by atoms with E-state index in [9.17, 15) is 14.7 Å². The number of carboxylic acids is 1. The van der Waals surface area contributed by atoms with Crippen molar-refractivity contribution in [2.45, 2.75) is 25.8 Å². The van der Waals surface area contributed by atoms with Gasteiger partial charge in [-0.05, 0) is 25.7 Å². The lowest BCUT2D eigenvalue weighted by Crippen LogP contribution is -2.53. The average Bonchev–Trinajstić information content (AvgIpc) is 2.82. The molecule has 2 aliphatic rings. The van der Waals surface area contributed by atoms with Gasteiger partial charge < -0.3 is 24.8 Å². The summed E-state index contributed by atoms with van der Waals surface area (Å²) < 4.78 is 10.5. The summed E-state index contributed by atoms with van der Waals surface area (Å²) in [4.78, 5) is 25.2. The molecule has 0 aromatic rings. The Hall–Kier alpha value is -1.34. The van der Waals surface area contributed by atoms with Crippen LogP contribution in [0.4, 0.5) is 4.79 Å². The Balaban J connectivity index is 1.86. The second-order valence-corrected chi connectivity index (χ2v) is 6.18. The molecule has 0 bridgehead atoms. The minimum absolute atomic E-state index is 0.122. The van der Waals surface area contributed by atoms with Crippen LogP contribution in [-0.2, 0) is 14.3 Å². The van der Waals surface area contributed by atoms with E-state index in [1.165, 1.54) is 0 Å². The molecule has 0 aromatic carbocycles. The molecule has 2 fully saturated rings. The summed E-state index contributed by atoms with van der Waals surface area (Å²) in [5, 5.41) is 12.1. The maximum absolute atomic E-state index is 12.2. The van der Waals surface area contributed by atoms with Gasteiger partial charge in [0, 0.05) is 26.8 Å². The smallest absolute Gasteiger partial charge is 0.317 e. The topological polar surface area (TPSA) is 88.1 Å². The summed E-state index contributed by atoms with van der Waals surface area (Å²) in [6.07, 6.45) is 1.91. The van der Waals surface area contributed by atoms with Gasteiger partial charge >= 0.3 is 12.0 Å². The lowest BCUT2D eigenvalue weighted by Gasteiger charge is -2.30. The number of nitrogens with one attached hydrogen (secondary N) is 1. The first kappa shape index (κ1) is 16.0. The number of hydrogen-bond acceptors (Lipinski definition) is 4. The molecule has 21 heavy (non-hydrogen) atoms. The van der Waals surface area contributed by atoms with Crippen LogP contribution in [0.25, 0.3) is 0 Å². The van der Waals surface area contributed by atoms with Crippen LogP contribution in [0.1, 0.15) is 19.8 Å². The summed E-state index contributed by atoms with van der Waals surface area (Å²) in [7, 11) is 1.73. The van der Waals surface area contributed by atoms with Crippen LogP contribution in [0.15, 0.2) is 0 Å². The van der Waals surface area contributed by atoms with Gasteiger partial charge in [-0.25, -0.2) is 4.79 Å². The van der Waals surface area contributed by atoms with Crippen molar-refractivity contribution in [3.63, 3.8) is 0 Å². The number of hydrogen-bond donors (Lipinski definition) is 2. The van der Waals surface area contributed by atoms with Gasteiger partial charge in [-0.1, -0.05) is 0 Å². The van der Waals surface area contributed by atoms with E-state index < -0.39 is 17.4 Å². The van der Waals surface area contributed by atoms with Crippen molar-refractivity contribution in [3.8, 4) is 0 Å². The quantitative estimate of drug-likeness (QED) is 0.791. The van der Waals surface area contributed by atoms with Gasteiger partial charge in [-0.2, -0.15) is 0 Å². The normalized spacial score (nSPS) is 30.1. The Kier molecular flexibility index (Phi) is 5.05. The van der Waals surface area contributed by atoms with E-state index in [0.717, 1.165) is 26.1 Å². The highest BCUT2D eigenvalue weighted by Gasteiger charge is 2.47. The van der Waals surface area contributed by atoms with Crippen LogP contribution >= 0.6 is 0 Å². The van der Waals surface area contributed by atoms with Crippen molar-refractivity contribution >= 4 is 12.0 Å². The molecule has 2 amide bonds. The monoisotopic (exact) mass is 300 g/mol. The fraction of sp³-hybridized carbons (Fsp3) is 0.857. The van der Waals surface area contributed by atoms with E-state index in [1.807, 2.05) is 0 Å². The number of urea groups is 1. The molecule has 2 aliphatic heterocycles. The first-order valence-corrected chi connectivity index (χ1v) is 7.34. The van der Waals surface area contributed by atoms with Gasteiger partial charge in [0.15, 0.2) is 0 Å². The molecule has 0 spiro atoms. The third-order valence-electron chi connectivity index (χ3n) is 4.46. The fourth-order valence-corrected chi connectivity index (χ4v) is 2.74. The molecule has 0 aliphatic carbocycles. The standard InChI is InChI=1S/C14H24N2O5/c1-14(12(17)18)9-21-8-11(14)15-13(19)16(2)7-10-3-5-20-6-4-10/h10-11H,3-9H2,1-2H3,(H,15,19)(H,17,18). The first-order valence-electron chi connectivity index (χ1n) is 7.34. The van der Waals surface area contributed by atoms with Crippen LogP contribution in [-0.4, -0.2) is 68.1 Å². The fourth-order valence-electron chi connectivity index (χ4n) is 2.74. The van der Waals surface area contributed by atoms with E-state index in [0.29, 0.717) is 12.5 Å². The van der Waals surface area contributed by atoms with Crippen LogP contribution in [0.3, 0.4) is 0 Å². The number of nitrogens with zero attached hydrogens (tertiary/aromatic N) is 1. The second kappa shape index (κ2) is 6.62. The van der Waals surface area contributed by atoms with Crippen molar-refractivity contribution in [3.05, 3.63) is 0 Å². The lowest BCUT2D eigenvalue weighted by atomic mass is 9.85. The largest absolute Gasteiger partial charge is 0.481 e. The van der Waals surface area contributed by atoms with E-state index >= 15 is 0 Å². The van der Waals surface area contributed by atoms with Crippen LogP contribution in [0, 0.1) is 11.3 Å². The van der Waals surface area contributed by atoms with E-state index in [2.05, 4.69) is 5.32 Å². The minimum atomic E-state index is -1.06. The first-order chi connectivity index (χ1) is 9.93. The summed E-state index contributed by atoms with van der Waals surface area (Å²) in [5.74, 6) is -0.502. The molecule has 0 aromatic heterocycles. The molecular weight excluding hydrogens is 276 g/mol. The number of aliphatic carboxylic acids is 1. The molecular formula is C14H24N2O5. The Labute approximate surface area is 124 Å². The molecule has 2 atom stereocenters. The molecule has 2 N–H and O–H groups in total. The highest BCUT2D eigenvalue weighted by atomic mass is 16.5. The minimum Gasteiger partial charge on any atom is -0.481 e. The van der Waals surface area contributed by atoms with Crippen molar-refractivity contribution < 1.29 is 24.2 Å².